The van der Waals surface area contributed by atoms with Gasteiger partial charge in [0.2, 0.25) is 5.76 Å². The number of aryl methyl sites for hydroxylation is 1. The van der Waals surface area contributed by atoms with Crippen molar-refractivity contribution in [3.8, 4) is 11.8 Å². The zero-order valence-corrected chi connectivity index (χ0v) is 11.9. The van der Waals surface area contributed by atoms with Crippen LogP contribution in [0.4, 0.5) is 0 Å². The summed E-state index contributed by atoms with van der Waals surface area (Å²) in [5.74, 6) is 5.35. The van der Waals surface area contributed by atoms with E-state index < -0.39 is 0 Å². The largest absolute Gasteiger partial charge is 0.438 e. The van der Waals surface area contributed by atoms with Crippen LogP contribution in [0, 0.1) is 18.8 Å². The van der Waals surface area contributed by atoms with Crippen molar-refractivity contribution in [3.05, 3.63) is 53.2 Å². The molecular formula is C16H16N2O3. The van der Waals surface area contributed by atoms with Crippen molar-refractivity contribution in [1.29, 1.82) is 0 Å². The van der Waals surface area contributed by atoms with Crippen LogP contribution < -0.4 is 5.32 Å². The Morgan fingerprint density at radius 3 is 2.71 bits per heavy atom. The van der Waals surface area contributed by atoms with Crippen LogP contribution in [0.15, 0.2) is 35.1 Å². The molecule has 0 radical (unpaired) electrons. The number of hydrogen-bond acceptors (Lipinski definition) is 4. The van der Waals surface area contributed by atoms with Crippen molar-refractivity contribution in [3.63, 3.8) is 0 Å². The summed E-state index contributed by atoms with van der Waals surface area (Å²) < 4.78 is 5.06. The van der Waals surface area contributed by atoms with Gasteiger partial charge in [0.25, 0.3) is 5.91 Å². The standard InChI is InChI=1S/C16H16N2O3/c1-11(18-16(20)15-12(2)17-10-21-15)14-7-5-13(6-8-14)4-3-9-19/h5-8,10-11,19H,9H2,1-2H3,(H,18,20). The Kier molecular flexibility index (Phi) is 4.75. The number of nitrogens with one attached hydrogen (secondary N) is 1. The van der Waals surface area contributed by atoms with Gasteiger partial charge in [-0.1, -0.05) is 24.0 Å². The van der Waals surface area contributed by atoms with E-state index in [2.05, 4.69) is 22.1 Å². The molecule has 5 nitrogen and oxygen atoms in total. The van der Waals surface area contributed by atoms with Gasteiger partial charge in [-0.15, -0.1) is 0 Å². The molecule has 1 amide bonds. The molecule has 2 N–H and O–H groups in total. The number of benzene rings is 1. The Balaban J connectivity index is 2.05. The molecule has 1 aromatic heterocycles. The van der Waals surface area contributed by atoms with E-state index in [-0.39, 0.29) is 24.3 Å². The normalized spacial score (nSPS) is 11.4. The van der Waals surface area contributed by atoms with Crippen LogP contribution in [-0.4, -0.2) is 22.6 Å². The van der Waals surface area contributed by atoms with Crippen molar-refractivity contribution in [2.75, 3.05) is 6.61 Å². The fourth-order valence-corrected chi connectivity index (χ4v) is 1.86. The summed E-state index contributed by atoms with van der Waals surface area (Å²) >= 11 is 0. The molecule has 0 fully saturated rings. The van der Waals surface area contributed by atoms with Gasteiger partial charge in [-0.2, -0.15) is 0 Å². The number of oxazole rings is 1. The highest BCUT2D eigenvalue weighted by molar-refractivity contribution is 5.92. The van der Waals surface area contributed by atoms with E-state index in [1.807, 2.05) is 31.2 Å². The molecule has 1 heterocycles. The van der Waals surface area contributed by atoms with Crippen molar-refractivity contribution in [2.24, 2.45) is 0 Å². The highest BCUT2D eigenvalue weighted by Crippen LogP contribution is 2.14. The van der Waals surface area contributed by atoms with Gasteiger partial charge >= 0.3 is 0 Å². The lowest BCUT2D eigenvalue weighted by Gasteiger charge is -2.13. The van der Waals surface area contributed by atoms with Crippen molar-refractivity contribution in [1.82, 2.24) is 10.3 Å². The molecule has 0 spiro atoms. The van der Waals surface area contributed by atoms with Crippen LogP contribution in [0.2, 0.25) is 0 Å². The average Bonchev–Trinajstić information content (AvgIpc) is 2.91. The van der Waals surface area contributed by atoms with Crippen molar-refractivity contribution < 1.29 is 14.3 Å². The third kappa shape index (κ3) is 3.71. The number of rotatable bonds is 3. The molecule has 2 rings (SSSR count). The maximum absolute atomic E-state index is 12.0. The van der Waals surface area contributed by atoms with Gasteiger partial charge < -0.3 is 14.8 Å². The lowest BCUT2D eigenvalue weighted by atomic mass is 10.1. The van der Waals surface area contributed by atoms with Gasteiger partial charge in [-0.05, 0) is 31.5 Å². The monoisotopic (exact) mass is 284 g/mol. The molecule has 0 aliphatic heterocycles. The first-order chi connectivity index (χ1) is 10.1. The summed E-state index contributed by atoms with van der Waals surface area (Å²) in [7, 11) is 0. The summed E-state index contributed by atoms with van der Waals surface area (Å²) in [6, 6.07) is 7.31. The Morgan fingerprint density at radius 2 is 2.14 bits per heavy atom. The zero-order chi connectivity index (χ0) is 15.2. The zero-order valence-electron chi connectivity index (χ0n) is 11.9. The summed E-state index contributed by atoms with van der Waals surface area (Å²) in [4.78, 5) is 15.9. The van der Waals surface area contributed by atoms with Gasteiger partial charge in [0.15, 0.2) is 6.39 Å². The maximum atomic E-state index is 12.0. The number of amides is 1. The molecule has 1 unspecified atom stereocenters. The van der Waals surface area contributed by atoms with Crippen LogP contribution in [0.25, 0.3) is 0 Å². The van der Waals surface area contributed by atoms with E-state index in [4.69, 9.17) is 9.52 Å². The van der Waals surface area contributed by atoms with E-state index in [0.717, 1.165) is 11.1 Å². The fourth-order valence-electron chi connectivity index (χ4n) is 1.86. The highest BCUT2D eigenvalue weighted by Gasteiger charge is 2.16. The van der Waals surface area contributed by atoms with Crippen LogP contribution in [0.5, 0.6) is 0 Å². The molecule has 21 heavy (non-hydrogen) atoms. The number of aliphatic hydroxyl groups is 1. The lowest BCUT2D eigenvalue weighted by molar-refractivity contribution is 0.0911. The van der Waals surface area contributed by atoms with Crippen LogP contribution in [0.3, 0.4) is 0 Å². The lowest BCUT2D eigenvalue weighted by Crippen LogP contribution is -2.26. The summed E-state index contributed by atoms with van der Waals surface area (Å²) in [6.07, 6.45) is 1.25. The SMILES string of the molecule is Cc1ncoc1C(=O)NC(C)c1ccc(C#CCO)cc1. The third-order valence-corrected chi connectivity index (χ3v) is 3.02. The molecule has 0 aliphatic rings. The average molecular weight is 284 g/mol. The summed E-state index contributed by atoms with van der Waals surface area (Å²) in [5, 5.41) is 11.5. The molecule has 0 aliphatic carbocycles. The van der Waals surface area contributed by atoms with E-state index in [1.165, 1.54) is 6.39 Å². The number of aliphatic hydroxyl groups excluding tert-OH is 1. The Labute approximate surface area is 123 Å². The van der Waals surface area contributed by atoms with Gasteiger partial charge in [-0.3, -0.25) is 4.79 Å². The number of carbonyl (C=O) groups is 1. The Bertz CT molecular complexity index is 678. The fraction of sp³-hybridized carbons (Fsp3) is 0.250. The first-order valence-corrected chi connectivity index (χ1v) is 6.52. The Morgan fingerprint density at radius 1 is 1.43 bits per heavy atom. The van der Waals surface area contributed by atoms with Crippen LogP contribution >= 0.6 is 0 Å². The minimum atomic E-state index is -0.290. The third-order valence-electron chi connectivity index (χ3n) is 3.02. The number of aromatic nitrogens is 1. The molecule has 5 heteroatoms. The molecule has 2 aromatic rings. The van der Waals surface area contributed by atoms with E-state index in [1.54, 1.807) is 6.92 Å². The number of carbonyl (C=O) groups excluding carboxylic acids is 1. The van der Waals surface area contributed by atoms with E-state index in [0.29, 0.717) is 5.69 Å². The number of nitrogens with zero attached hydrogens (tertiary/aromatic N) is 1. The van der Waals surface area contributed by atoms with Gasteiger partial charge in [0, 0.05) is 5.56 Å². The highest BCUT2D eigenvalue weighted by atomic mass is 16.3. The summed E-state index contributed by atoms with van der Waals surface area (Å²) in [5.41, 5.74) is 2.33. The second-order valence-electron chi connectivity index (χ2n) is 4.54. The van der Waals surface area contributed by atoms with E-state index >= 15 is 0 Å². The van der Waals surface area contributed by atoms with Crippen LogP contribution in [0.1, 0.15) is 40.3 Å². The van der Waals surface area contributed by atoms with Crippen LogP contribution in [-0.2, 0) is 0 Å². The first kappa shape index (κ1) is 14.8. The predicted molar refractivity (Wildman–Crippen MR) is 77.5 cm³/mol. The number of hydrogen-bond donors (Lipinski definition) is 2. The minimum absolute atomic E-state index is 0.162. The molecule has 0 saturated carbocycles. The quantitative estimate of drug-likeness (QED) is 0.843. The van der Waals surface area contributed by atoms with Gasteiger partial charge in [-0.25, -0.2) is 4.98 Å². The van der Waals surface area contributed by atoms with Crippen molar-refractivity contribution in [2.45, 2.75) is 19.9 Å². The molecule has 0 bridgehead atoms. The Hall–Kier alpha value is -2.58. The molecule has 1 aromatic carbocycles. The topological polar surface area (TPSA) is 75.4 Å². The maximum Gasteiger partial charge on any atom is 0.289 e. The predicted octanol–water partition coefficient (Wildman–Crippen LogP) is 1.82. The van der Waals surface area contributed by atoms with E-state index in [9.17, 15) is 4.79 Å². The summed E-state index contributed by atoms with van der Waals surface area (Å²) in [6.45, 7) is 3.44. The second-order valence-corrected chi connectivity index (χ2v) is 4.54. The smallest absolute Gasteiger partial charge is 0.289 e. The molecular weight excluding hydrogens is 268 g/mol. The molecule has 1 atom stereocenters. The van der Waals surface area contributed by atoms with Gasteiger partial charge in [0.1, 0.15) is 6.61 Å². The van der Waals surface area contributed by atoms with Gasteiger partial charge in [0.05, 0.1) is 11.7 Å². The van der Waals surface area contributed by atoms with Crippen molar-refractivity contribution >= 4 is 5.91 Å². The molecule has 108 valence electrons. The molecule has 0 saturated heterocycles. The minimum Gasteiger partial charge on any atom is -0.438 e. The second kappa shape index (κ2) is 6.73. The first-order valence-electron chi connectivity index (χ1n) is 6.52.